The first-order valence-corrected chi connectivity index (χ1v) is 8.66. The van der Waals surface area contributed by atoms with E-state index in [9.17, 15) is 19.7 Å². The van der Waals surface area contributed by atoms with Crippen molar-refractivity contribution in [3.8, 4) is 0 Å². The first-order chi connectivity index (χ1) is 12.9. The van der Waals surface area contributed by atoms with Crippen molar-refractivity contribution in [1.82, 2.24) is 0 Å². The summed E-state index contributed by atoms with van der Waals surface area (Å²) in [4.78, 5) is 36.6. The van der Waals surface area contributed by atoms with E-state index in [4.69, 9.17) is 0 Å². The molecule has 1 fully saturated rings. The molecule has 1 saturated heterocycles. The van der Waals surface area contributed by atoms with Crippen molar-refractivity contribution >= 4 is 34.6 Å². The summed E-state index contributed by atoms with van der Waals surface area (Å²) in [6, 6.07) is 11.2. The molecular formula is C19H20N4O4. The molecule has 0 atom stereocenters. The van der Waals surface area contributed by atoms with Crippen LogP contribution in [-0.4, -0.2) is 29.8 Å². The molecule has 27 heavy (non-hydrogen) atoms. The lowest BCUT2D eigenvalue weighted by Gasteiger charge is -2.17. The average molecular weight is 368 g/mol. The maximum absolute atomic E-state index is 12.5. The molecule has 1 heterocycles. The van der Waals surface area contributed by atoms with Crippen molar-refractivity contribution in [2.24, 2.45) is 0 Å². The molecule has 8 nitrogen and oxygen atoms in total. The zero-order valence-electron chi connectivity index (χ0n) is 14.9. The van der Waals surface area contributed by atoms with E-state index in [0.717, 1.165) is 25.9 Å². The fourth-order valence-electron chi connectivity index (χ4n) is 3.12. The Hall–Kier alpha value is -3.42. The van der Waals surface area contributed by atoms with Gasteiger partial charge in [0.15, 0.2) is 0 Å². The van der Waals surface area contributed by atoms with Crippen LogP contribution in [0.3, 0.4) is 0 Å². The van der Waals surface area contributed by atoms with Gasteiger partial charge in [-0.25, -0.2) is 0 Å². The van der Waals surface area contributed by atoms with Gasteiger partial charge in [-0.05, 0) is 43.2 Å². The van der Waals surface area contributed by atoms with Gasteiger partial charge in [-0.15, -0.1) is 0 Å². The molecule has 0 aliphatic carbocycles. The molecule has 0 unspecified atom stereocenters. The molecule has 2 aromatic carbocycles. The van der Waals surface area contributed by atoms with E-state index < -0.39 is 10.8 Å². The third kappa shape index (κ3) is 4.41. The number of nitro groups is 1. The van der Waals surface area contributed by atoms with E-state index in [1.807, 2.05) is 4.90 Å². The predicted molar refractivity (Wildman–Crippen MR) is 103 cm³/mol. The van der Waals surface area contributed by atoms with Gasteiger partial charge in [-0.2, -0.15) is 0 Å². The lowest BCUT2D eigenvalue weighted by atomic mass is 10.1. The molecule has 1 aliphatic rings. The second-order valence-electron chi connectivity index (χ2n) is 6.37. The molecule has 0 radical (unpaired) electrons. The van der Waals surface area contributed by atoms with Crippen LogP contribution in [0.15, 0.2) is 42.5 Å². The summed E-state index contributed by atoms with van der Waals surface area (Å²) in [5.41, 5.74) is 1.71. The van der Waals surface area contributed by atoms with Crippen LogP contribution in [0.2, 0.25) is 0 Å². The van der Waals surface area contributed by atoms with Crippen LogP contribution < -0.4 is 15.5 Å². The molecule has 1 aliphatic heterocycles. The number of hydrogen-bond acceptors (Lipinski definition) is 5. The molecular weight excluding hydrogens is 348 g/mol. The minimum Gasteiger partial charge on any atom is -0.366 e. The third-order valence-electron chi connectivity index (χ3n) is 4.32. The zero-order chi connectivity index (χ0) is 19.4. The van der Waals surface area contributed by atoms with E-state index in [2.05, 4.69) is 10.6 Å². The van der Waals surface area contributed by atoms with Crippen molar-refractivity contribution in [2.75, 3.05) is 28.6 Å². The maximum Gasteiger partial charge on any atom is 0.293 e. The quantitative estimate of drug-likeness (QED) is 0.622. The van der Waals surface area contributed by atoms with Crippen molar-refractivity contribution in [2.45, 2.75) is 19.8 Å². The summed E-state index contributed by atoms with van der Waals surface area (Å²) in [7, 11) is 0. The summed E-state index contributed by atoms with van der Waals surface area (Å²) in [6.45, 7) is 2.96. The summed E-state index contributed by atoms with van der Waals surface area (Å²) in [5, 5.41) is 16.8. The Morgan fingerprint density at radius 1 is 1.04 bits per heavy atom. The molecule has 0 bridgehead atoms. The standard InChI is InChI=1S/C19H20N4O4/c1-13(24)20-15-5-4-6-16(12-15)21-19(25)14-7-8-17(18(11-14)23(26)27)22-9-2-3-10-22/h4-8,11-12H,2-3,9-10H2,1H3,(H,20,24)(H,21,25). The Bertz CT molecular complexity index is 891. The van der Waals surface area contributed by atoms with Crippen LogP contribution >= 0.6 is 0 Å². The van der Waals surface area contributed by atoms with Gasteiger partial charge in [0.05, 0.1) is 4.92 Å². The minimum absolute atomic E-state index is 0.0726. The van der Waals surface area contributed by atoms with Crippen LogP contribution in [-0.2, 0) is 4.79 Å². The number of nitro benzene ring substituents is 1. The van der Waals surface area contributed by atoms with Crippen LogP contribution in [0.25, 0.3) is 0 Å². The van der Waals surface area contributed by atoms with Gasteiger partial charge in [0, 0.05) is 43.0 Å². The first kappa shape index (κ1) is 18.4. The second-order valence-corrected chi connectivity index (χ2v) is 6.37. The Balaban J connectivity index is 1.81. The van der Waals surface area contributed by atoms with Crippen LogP contribution in [0.5, 0.6) is 0 Å². The zero-order valence-corrected chi connectivity index (χ0v) is 14.9. The van der Waals surface area contributed by atoms with Gasteiger partial charge in [-0.1, -0.05) is 6.07 Å². The monoisotopic (exact) mass is 368 g/mol. The summed E-state index contributed by atoms with van der Waals surface area (Å²) in [5.74, 6) is -0.669. The van der Waals surface area contributed by atoms with E-state index in [1.165, 1.54) is 13.0 Å². The molecule has 8 heteroatoms. The molecule has 3 rings (SSSR count). The fourth-order valence-corrected chi connectivity index (χ4v) is 3.12. The van der Waals surface area contributed by atoms with Gasteiger partial charge in [0.2, 0.25) is 5.91 Å². The SMILES string of the molecule is CC(=O)Nc1cccc(NC(=O)c2ccc(N3CCCC3)c([N+](=O)[O-])c2)c1. The number of benzene rings is 2. The highest BCUT2D eigenvalue weighted by Gasteiger charge is 2.23. The Morgan fingerprint density at radius 3 is 2.33 bits per heavy atom. The number of rotatable bonds is 5. The lowest BCUT2D eigenvalue weighted by molar-refractivity contribution is -0.384. The smallest absolute Gasteiger partial charge is 0.293 e. The van der Waals surface area contributed by atoms with E-state index in [0.29, 0.717) is 17.1 Å². The van der Waals surface area contributed by atoms with Crippen molar-refractivity contribution < 1.29 is 14.5 Å². The maximum atomic E-state index is 12.5. The van der Waals surface area contributed by atoms with E-state index in [1.54, 1.807) is 36.4 Å². The lowest BCUT2D eigenvalue weighted by Crippen LogP contribution is -2.19. The molecule has 0 aromatic heterocycles. The fraction of sp³-hybridized carbons (Fsp3) is 0.263. The van der Waals surface area contributed by atoms with Gasteiger partial charge in [0.1, 0.15) is 5.69 Å². The molecule has 0 spiro atoms. The number of hydrogen-bond donors (Lipinski definition) is 2. The van der Waals surface area contributed by atoms with Crippen LogP contribution in [0, 0.1) is 10.1 Å². The normalized spacial score (nSPS) is 13.3. The van der Waals surface area contributed by atoms with Crippen molar-refractivity contribution in [3.05, 3.63) is 58.1 Å². The van der Waals surface area contributed by atoms with Gasteiger partial charge in [-0.3, -0.25) is 19.7 Å². The first-order valence-electron chi connectivity index (χ1n) is 8.66. The Morgan fingerprint density at radius 2 is 1.70 bits per heavy atom. The highest BCUT2D eigenvalue weighted by molar-refractivity contribution is 6.05. The van der Waals surface area contributed by atoms with E-state index >= 15 is 0 Å². The molecule has 2 amide bonds. The van der Waals surface area contributed by atoms with Crippen LogP contribution in [0.4, 0.5) is 22.7 Å². The van der Waals surface area contributed by atoms with E-state index in [-0.39, 0.29) is 17.2 Å². The average Bonchev–Trinajstić information content (AvgIpc) is 3.15. The molecule has 2 aromatic rings. The van der Waals surface area contributed by atoms with Crippen LogP contribution in [0.1, 0.15) is 30.1 Å². The van der Waals surface area contributed by atoms with Crippen molar-refractivity contribution in [3.63, 3.8) is 0 Å². The number of carbonyl (C=O) groups excluding carboxylic acids is 2. The molecule has 2 N–H and O–H groups in total. The number of carbonyl (C=O) groups is 2. The Kier molecular flexibility index (Phi) is 5.35. The highest BCUT2D eigenvalue weighted by Crippen LogP contribution is 2.32. The summed E-state index contributed by atoms with van der Waals surface area (Å²) >= 11 is 0. The summed E-state index contributed by atoms with van der Waals surface area (Å²) in [6.07, 6.45) is 2.01. The topological polar surface area (TPSA) is 105 Å². The van der Waals surface area contributed by atoms with Gasteiger partial charge in [0.25, 0.3) is 11.6 Å². The van der Waals surface area contributed by atoms with Gasteiger partial charge >= 0.3 is 0 Å². The van der Waals surface area contributed by atoms with Gasteiger partial charge < -0.3 is 15.5 Å². The molecule has 0 saturated carbocycles. The Labute approximate surface area is 156 Å². The third-order valence-corrected chi connectivity index (χ3v) is 4.32. The minimum atomic E-state index is -0.457. The number of amides is 2. The second kappa shape index (κ2) is 7.86. The number of anilines is 3. The number of nitrogens with one attached hydrogen (secondary N) is 2. The summed E-state index contributed by atoms with van der Waals surface area (Å²) < 4.78 is 0. The largest absolute Gasteiger partial charge is 0.366 e. The van der Waals surface area contributed by atoms with Crippen molar-refractivity contribution in [1.29, 1.82) is 0 Å². The molecule has 140 valence electrons. The predicted octanol–water partition coefficient (Wildman–Crippen LogP) is 3.41. The number of nitrogens with zero attached hydrogens (tertiary/aromatic N) is 2. The highest BCUT2D eigenvalue weighted by atomic mass is 16.6.